The third-order valence-corrected chi connectivity index (χ3v) is 6.64. The van der Waals surface area contributed by atoms with Crippen LogP contribution in [-0.4, -0.2) is 34.0 Å². The molecule has 0 spiro atoms. The molecule has 27 heavy (non-hydrogen) atoms. The highest BCUT2D eigenvalue weighted by Crippen LogP contribution is 2.18. The van der Waals surface area contributed by atoms with Crippen LogP contribution in [0.5, 0.6) is 0 Å². The number of nitrogens with one attached hydrogen (secondary N) is 2. The van der Waals surface area contributed by atoms with Crippen LogP contribution in [0.15, 0.2) is 59.5 Å². The van der Waals surface area contributed by atoms with E-state index in [9.17, 15) is 13.2 Å². The Labute approximate surface area is 161 Å². The summed E-state index contributed by atoms with van der Waals surface area (Å²) < 4.78 is 25.3. The summed E-state index contributed by atoms with van der Waals surface area (Å²) in [4.78, 5) is 12.6. The summed E-state index contributed by atoms with van der Waals surface area (Å²) in [5, 5.41) is 6.25. The molecule has 3 rings (SSSR count). The van der Waals surface area contributed by atoms with Crippen molar-refractivity contribution in [3.63, 3.8) is 0 Å². The summed E-state index contributed by atoms with van der Waals surface area (Å²) in [5.41, 5.74) is 1.11. The van der Waals surface area contributed by atoms with E-state index < -0.39 is 9.84 Å². The lowest BCUT2D eigenvalue weighted by Crippen LogP contribution is -2.31. The Morgan fingerprint density at radius 3 is 2.52 bits per heavy atom. The number of rotatable bonds is 7. The van der Waals surface area contributed by atoms with Crippen molar-refractivity contribution in [3.8, 4) is 0 Å². The van der Waals surface area contributed by atoms with E-state index in [4.69, 9.17) is 0 Å². The van der Waals surface area contributed by atoms with E-state index in [1.165, 1.54) is 6.07 Å². The fourth-order valence-electron chi connectivity index (χ4n) is 3.37. The minimum Gasteiger partial charge on any atom is -0.352 e. The van der Waals surface area contributed by atoms with Gasteiger partial charge in [0, 0.05) is 12.1 Å². The van der Waals surface area contributed by atoms with Gasteiger partial charge in [-0.2, -0.15) is 0 Å². The molecular formula is C21H26N2O3S. The second-order valence-corrected chi connectivity index (χ2v) is 9.00. The number of amides is 1. The van der Waals surface area contributed by atoms with Crippen LogP contribution in [0.3, 0.4) is 0 Å². The molecule has 1 heterocycles. The molecule has 1 fully saturated rings. The van der Waals surface area contributed by atoms with Gasteiger partial charge in [-0.3, -0.25) is 4.79 Å². The first kappa shape index (κ1) is 19.6. The van der Waals surface area contributed by atoms with Crippen LogP contribution in [0.2, 0.25) is 0 Å². The zero-order valence-corrected chi connectivity index (χ0v) is 16.2. The van der Waals surface area contributed by atoms with Gasteiger partial charge in [-0.1, -0.05) is 36.4 Å². The first-order valence-electron chi connectivity index (χ1n) is 9.40. The third kappa shape index (κ3) is 5.65. The first-order chi connectivity index (χ1) is 13.0. The molecule has 0 unspecified atom stereocenters. The molecule has 0 aromatic heterocycles. The van der Waals surface area contributed by atoms with Crippen molar-refractivity contribution in [2.45, 2.75) is 29.9 Å². The summed E-state index contributed by atoms with van der Waals surface area (Å²) >= 11 is 0. The van der Waals surface area contributed by atoms with E-state index in [2.05, 4.69) is 10.6 Å². The fourth-order valence-corrected chi connectivity index (χ4v) is 4.76. The Morgan fingerprint density at radius 2 is 1.78 bits per heavy atom. The third-order valence-electron chi connectivity index (χ3n) is 4.95. The number of piperidine rings is 1. The Hall–Kier alpha value is -2.18. The Kier molecular flexibility index (Phi) is 6.63. The molecule has 1 saturated heterocycles. The highest BCUT2D eigenvalue weighted by atomic mass is 32.2. The molecule has 2 N–H and O–H groups in total. The van der Waals surface area contributed by atoms with Crippen LogP contribution >= 0.6 is 0 Å². The molecule has 0 atom stereocenters. The van der Waals surface area contributed by atoms with Crippen LogP contribution < -0.4 is 10.6 Å². The summed E-state index contributed by atoms with van der Waals surface area (Å²) in [7, 11) is -3.49. The Morgan fingerprint density at radius 1 is 1.04 bits per heavy atom. The van der Waals surface area contributed by atoms with Crippen LogP contribution in [0.4, 0.5) is 0 Å². The highest BCUT2D eigenvalue weighted by Gasteiger charge is 2.18. The molecule has 1 aliphatic heterocycles. The van der Waals surface area contributed by atoms with Crippen LogP contribution in [0.1, 0.15) is 35.2 Å². The van der Waals surface area contributed by atoms with E-state index >= 15 is 0 Å². The topological polar surface area (TPSA) is 75.3 Å². The lowest BCUT2D eigenvalue weighted by Gasteiger charge is -2.22. The second-order valence-electron chi connectivity index (χ2n) is 7.01. The Balaban J connectivity index is 1.61. The molecule has 2 aromatic carbocycles. The first-order valence-corrected chi connectivity index (χ1v) is 11.1. The van der Waals surface area contributed by atoms with Crippen molar-refractivity contribution in [1.29, 1.82) is 0 Å². The normalized spacial score (nSPS) is 15.4. The van der Waals surface area contributed by atoms with E-state index in [1.807, 2.05) is 18.2 Å². The van der Waals surface area contributed by atoms with E-state index in [-0.39, 0.29) is 16.6 Å². The minimum atomic E-state index is -3.49. The molecule has 5 nitrogen and oxygen atoms in total. The average molecular weight is 387 g/mol. The molecule has 1 amide bonds. The second kappa shape index (κ2) is 9.15. The molecular weight excluding hydrogens is 360 g/mol. The molecule has 0 radical (unpaired) electrons. The van der Waals surface area contributed by atoms with Gasteiger partial charge in [0.05, 0.1) is 10.6 Å². The number of sulfone groups is 1. The largest absolute Gasteiger partial charge is 0.352 e. The number of hydrogen-bond acceptors (Lipinski definition) is 4. The number of carbonyl (C=O) groups is 1. The van der Waals surface area contributed by atoms with Crippen molar-refractivity contribution < 1.29 is 13.2 Å². The van der Waals surface area contributed by atoms with Crippen molar-refractivity contribution in [2.24, 2.45) is 5.92 Å². The van der Waals surface area contributed by atoms with Gasteiger partial charge >= 0.3 is 0 Å². The number of benzene rings is 2. The fraction of sp³-hybridized carbons (Fsp3) is 0.381. The number of hydrogen-bond donors (Lipinski definition) is 2. The minimum absolute atomic E-state index is 0.0748. The van der Waals surface area contributed by atoms with Gasteiger partial charge < -0.3 is 10.6 Å². The van der Waals surface area contributed by atoms with Crippen molar-refractivity contribution in [2.75, 3.05) is 19.6 Å². The van der Waals surface area contributed by atoms with Gasteiger partial charge in [-0.05, 0) is 62.0 Å². The van der Waals surface area contributed by atoms with Gasteiger partial charge in [0.1, 0.15) is 0 Å². The molecule has 144 valence electrons. The lowest BCUT2D eigenvalue weighted by molar-refractivity contribution is 0.0950. The van der Waals surface area contributed by atoms with E-state index in [0.717, 1.165) is 37.9 Å². The monoisotopic (exact) mass is 386 g/mol. The van der Waals surface area contributed by atoms with Gasteiger partial charge in [-0.25, -0.2) is 8.42 Å². The summed E-state index contributed by atoms with van der Waals surface area (Å²) in [5.74, 6) is 0.346. The lowest BCUT2D eigenvalue weighted by atomic mass is 9.95. The molecule has 0 saturated carbocycles. The Bertz CT molecular complexity index is 860. The van der Waals surface area contributed by atoms with Gasteiger partial charge in [0.2, 0.25) is 0 Å². The SMILES string of the molecule is O=C(NCCC1CCNCC1)c1cccc(S(=O)(=O)Cc2ccccc2)c1. The summed E-state index contributed by atoms with van der Waals surface area (Å²) in [6.07, 6.45) is 3.24. The quantitative estimate of drug-likeness (QED) is 0.767. The zero-order valence-electron chi connectivity index (χ0n) is 15.4. The maximum absolute atomic E-state index is 12.7. The zero-order chi connectivity index (χ0) is 19.1. The molecule has 6 heteroatoms. The van der Waals surface area contributed by atoms with Crippen molar-refractivity contribution >= 4 is 15.7 Å². The highest BCUT2D eigenvalue weighted by molar-refractivity contribution is 7.90. The predicted octanol–water partition coefficient (Wildman–Crippen LogP) is 2.78. The molecule has 1 aliphatic rings. The summed E-state index contributed by atoms with van der Waals surface area (Å²) in [6.45, 7) is 2.70. The van der Waals surface area contributed by atoms with Crippen LogP contribution in [-0.2, 0) is 15.6 Å². The standard InChI is InChI=1S/C21H26N2O3S/c24-21(23-14-11-17-9-12-22-13-10-17)19-7-4-8-20(15-19)27(25,26)16-18-5-2-1-3-6-18/h1-8,15,17,22H,9-14,16H2,(H,23,24). The van der Waals surface area contributed by atoms with Gasteiger partial charge in [-0.15, -0.1) is 0 Å². The maximum atomic E-state index is 12.7. The average Bonchev–Trinajstić information content (AvgIpc) is 2.69. The smallest absolute Gasteiger partial charge is 0.251 e. The maximum Gasteiger partial charge on any atom is 0.251 e. The number of carbonyl (C=O) groups excluding carboxylic acids is 1. The van der Waals surface area contributed by atoms with Gasteiger partial charge in [0.25, 0.3) is 5.91 Å². The molecule has 0 bridgehead atoms. The van der Waals surface area contributed by atoms with Crippen LogP contribution in [0, 0.1) is 5.92 Å². The van der Waals surface area contributed by atoms with Gasteiger partial charge in [0.15, 0.2) is 9.84 Å². The van der Waals surface area contributed by atoms with Crippen molar-refractivity contribution in [1.82, 2.24) is 10.6 Å². The molecule has 2 aromatic rings. The molecule has 0 aliphatic carbocycles. The van der Waals surface area contributed by atoms with E-state index in [0.29, 0.717) is 18.0 Å². The van der Waals surface area contributed by atoms with Crippen molar-refractivity contribution in [3.05, 3.63) is 65.7 Å². The van der Waals surface area contributed by atoms with Crippen LogP contribution in [0.25, 0.3) is 0 Å². The summed E-state index contributed by atoms with van der Waals surface area (Å²) in [6, 6.07) is 15.4. The van der Waals surface area contributed by atoms with E-state index in [1.54, 1.807) is 30.3 Å². The predicted molar refractivity (Wildman–Crippen MR) is 106 cm³/mol.